The summed E-state index contributed by atoms with van der Waals surface area (Å²) in [5.41, 5.74) is 0.266. The molecule has 19 heavy (non-hydrogen) atoms. The molecular weight excluding hydrogens is 253 g/mol. The second-order valence-electron chi connectivity index (χ2n) is 4.86. The van der Waals surface area contributed by atoms with Crippen molar-refractivity contribution in [3.63, 3.8) is 0 Å². The normalized spacial score (nSPS) is 18.5. The van der Waals surface area contributed by atoms with E-state index in [0.717, 1.165) is 45.1 Å². The van der Waals surface area contributed by atoms with E-state index in [0.29, 0.717) is 0 Å². The van der Waals surface area contributed by atoms with E-state index in [1.807, 2.05) is 6.92 Å². The lowest BCUT2D eigenvalue weighted by atomic mass is 9.99. The molecule has 1 fully saturated rings. The summed E-state index contributed by atoms with van der Waals surface area (Å²) in [7, 11) is 0. The van der Waals surface area contributed by atoms with Gasteiger partial charge in [-0.05, 0) is 12.5 Å². The number of benzene rings is 1. The summed E-state index contributed by atoms with van der Waals surface area (Å²) >= 11 is 0. The van der Waals surface area contributed by atoms with Crippen LogP contribution in [0.1, 0.15) is 31.4 Å². The van der Waals surface area contributed by atoms with Crippen molar-refractivity contribution in [3.8, 4) is 0 Å². The maximum Gasteiger partial charge on any atom is 0.194 e. The number of piperazine rings is 1. The van der Waals surface area contributed by atoms with Crippen molar-refractivity contribution in [2.45, 2.75) is 25.8 Å². The molecule has 1 heterocycles. The highest BCUT2D eigenvalue weighted by atomic mass is 19.2. The molecule has 0 radical (unpaired) electrons. The highest BCUT2D eigenvalue weighted by Crippen LogP contribution is 2.29. The van der Waals surface area contributed by atoms with Crippen LogP contribution in [0.5, 0.6) is 0 Å². The molecule has 1 N–H and O–H groups in total. The summed E-state index contributed by atoms with van der Waals surface area (Å²) in [6.07, 6.45) is 1.61. The van der Waals surface area contributed by atoms with Crippen molar-refractivity contribution in [1.29, 1.82) is 0 Å². The van der Waals surface area contributed by atoms with Gasteiger partial charge in [0.15, 0.2) is 17.5 Å². The molecule has 0 aromatic heterocycles. The quantitative estimate of drug-likeness (QED) is 0.848. The van der Waals surface area contributed by atoms with Gasteiger partial charge in [0, 0.05) is 37.8 Å². The van der Waals surface area contributed by atoms with Crippen LogP contribution in [0.25, 0.3) is 0 Å². The van der Waals surface area contributed by atoms with Gasteiger partial charge in [0.25, 0.3) is 0 Å². The van der Waals surface area contributed by atoms with Crippen LogP contribution in [-0.4, -0.2) is 31.1 Å². The first-order valence-electron chi connectivity index (χ1n) is 6.73. The maximum atomic E-state index is 13.9. The van der Waals surface area contributed by atoms with Gasteiger partial charge in [0.05, 0.1) is 0 Å². The van der Waals surface area contributed by atoms with Crippen LogP contribution in [0, 0.1) is 17.5 Å². The zero-order valence-corrected chi connectivity index (χ0v) is 11.1. The molecule has 0 aliphatic carbocycles. The molecular formula is C14H19F3N2. The van der Waals surface area contributed by atoms with Gasteiger partial charge in [-0.15, -0.1) is 0 Å². The Balaban J connectivity index is 2.30. The van der Waals surface area contributed by atoms with Crippen molar-refractivity contribution in [1.82, 2.24) is 10.2 Å². The predicted molar refractivity (Wildman–Crippen MR) is 68.4 cm³/mol. The first-order valence-corrected chi connectivity index (χ1v) is 6.73. The minimum atomic E-state index is -1.37. The van der Waals surface area contributed by atoms with Crippen molar-refractivity contribution in [2.75, 3.05) is 26.2 Å². The zero-order chi connectivity index (χ0) is 13.8. The molecule has 1 aliphatic heterocycles. The fourth-order valence-electron chi connectivity index (χ4n) is 2.60. The average Bonchev–Trinajstić information content (AvgIpc) is 2.44. The molecule has 0 unspecified atom stereocenters. The Morgan fingerprint density at radius 2 is 1.84 bits per heavy atom. The Morgan fingerprint density at radius 1 is 1.16 bits per heavy atom. The first-order chi connectivity index (χ1) is 9.15. The Morgan fingerprint density at radius 3 is 2.47 bits per heavy atom. The lowest BCUT2D eigenvalue weighted by Gasteiger charge is -2.35. The summed E-state index contributed by atoms with van der Waals surface area (Å²) in [5.74, 6) is -3.54. The molecule has 1 saturated heterocycles. The summed E-state index contributed by atoms with van der Waals surface area (Å²) < 4.78 is 40.3. The van der Waals surface area contributed by atoms with Gasteiger partial charge < -0.3 is 5.32 Å². The molecule has 2 rings (SSSR count). The van der Waals surface area contributed by atoms with Crippen LogP contribution in [0.2, 0.25) is 0 Å². The maximum absolute atomic E-state index is 13.9. The Bertz CT molecular complexity index is 431. The second-order valence-corrected chi connectivity index (χ2v) is 4.86. The van der Waals surface area contributed by atoms with Crippen molar-refractivity contribution >= 4 is 0 Å². The van der Waals surface area contributed by atoms with Crippen LogP contribution < -0.4 is 5.32 Å². The van der Waals surface area contributed by atoms with Crippen LogP contribution in [-0.2, 0) is 0 Å². The predicted octanol–water partition coefficient (Wildman–Crippen LogP) is 2.85. The van der Waals surface area contributed by atoms with Crippen molar-refractivity contribution in [2.24, 2.45) is 0 Å². The third kappa shape index (κ3) is 3.09. The third-order valence-corrected chi connectivity index (χ3v) is 3.58. The van der Waals surface area contributed by atoms with Gasteiger partial charge in [-0.1, -0.05) is 19.4 Å². The fraction of sp³-hybridized carbons (Fsp3) is 0.571. The van der Waals surface area contributed by atoms with Crippen LogP contribution in [0.4, 0.5) is 13.2 Å². The second kappa shape index (κ2) is 6.39. The number of halogens is 3. The van der Waals surface area contributed by atoms with E-state index >= 15 is 0 Å². The number of nitrogens with zero attached hydrogens (tertiary/aromatic N) is 1. The molecule has 5 heteroatoms. The van der Waals surface area contributed by atoms with E-state index in [9.17, 15) is 13.2 Å². The van der Waals surface area contributed by atoms with Gasteiger partial charge >= 0.3 is 0 Å². The standard InChI is InChI=1S/C14H19F3N2/c1-2-3-12(19-8-6-18-7-9-19)10-4-5-11(15)14(17)13(10)16/h4-5,12,18H,2-3,6-9H2,1H3/t12-/m0/s1. The Labute approximate surface area is 111 Å². The SMILES string of the molecule is CCC[C@@H](c1ccc(F)c(F)c1F)N1CCNCC1. The minimum absolute atomic E-state index is 0.179. The number of hydrogen-bond acceptors (Lipinski definition) is 2. The minimum Gasteiger partial charge on any atom is -0.314 e. The van der Waals surface area contributed by atoms with Gasteiger partial charge in [0.1, 0.15) is 0 Å². The van der Waals surface area contributed by atoms with E-state index in [-0.39, 0.29) is 11.6 Å². The number of nitrogens with one attached hydrogen (secondary N) is 1. The Hall–Kier alpha value is -1.07. The smallest absolute Gasteiger partial charge is 0.194 e. The van der Waals surface area contributed by atoms with Crippen LogP contribution in [0.15, 0.2) is 12.1 Å². The van der Waals surface area contributed by atoms with E-state index in [1.54, 1.807) is 0 Å². The molecule has 1 atom stereocenters. The van der Waals surface area contributed by atoms with E-state index in [4.69, 9.17) is 0 Å². The van der Waals surface area contributed by atoms with E-state index < -0.39 is 17.5 Å². The van der Waals surface area contributed by atoms with Gasteiger partial charge in [-0.3, -0.25) is 4.90 Å². The topological polar surface area (TPSA) is 15.3 Å². The van der Waals surface area contributed by atoms with Crippen LogP contribution in [0.3, 0.4) is 0 Å². The lowest BCUT2D eigenvalue weighted by molar-refractivity contribution is 0.160. The molecule has 2 nitrogen and oxygen atoms in total. The molecule has 106 valence electrons. The van der Waals surface area contributed by atoms with E-state index in [1.165, 1.54) is 6.07 Å². The van der Waals surface area contributed by atoms with Gasteiger partial charge in [0.2, 0.25) is 0 Å². The van der Waals surface area contributed by atoms with Crippen molar-refractivity contribution in [3.05, 3.63) is 35.1 Å². The summed E-state index contributed by atoms with van der Waals surface area (Å²) in [4.78, 5) is 2.13. The molecule has 0 bridgehead atoms. The largest absolute Gasteiger partial charge is 0.314 e. The highest BCUT2D eigenvalue weighted by Gasteiger charge is 2.26. The average molecular weight is 272 g/mol. The summed E-state index contributed by atoms with van der Waals surface area (Å²) in [6, 6.07) is 2.21. The van der Waals surface area contributed by atoms with Gasteiger partial charge in [-0.25, -0.2) is 13.2 Å². The third-order valence-electron chi connectivity index (χ3n) is 3.58. The first kappa shape index (κ1) is 14.3. The monoisotopic (exact) mass is 272 g/mol. The molecule has 1 aliphatic rings. The number of hydrogen-bond donors (Lipinski definition) is 1. The molecule has 1 aromatic rings. The van der Waals surface area contributed by atoms with Gasteiger partial charge in [-0.2, -0.15) is 0 Å². The highest BCUT2D eigenvalue weighted by molar-refractivity contribution is 5.24. The molecule has 0 spiro atoms. The summed E-state index contributed by atoms with van der Waals surface area (Å²) in [5, 5.41) is 3.23. The van der Waals surface area contributed by atoms with Crippen LogP contribution >= 0.6 is 0 Å². The summed E-state index contributed by atoms with van der Waals surface area (Å²) in [6.45, 7) is 5.27. The van der Waals surface area contributed by atoms with E-state index in [2.05, 4.69) is 10.2 Å². The zero-order valence-electron chi connectivity index (χ0n) is 11.1. The molecule has 0 saturated carbocycles. The molecule has 0 amide bonds. The Kier molecular flexibility index (Phi) is 4.82. The van der Waals surface area contributed by atoms with Crippen molar-refractivity contribution < 1.29 is 13.2 Å². The lowest BCUT2D eigenvalue weighted by Crippen LogP contribution is -2.45. The fourth-order valence-corrected chi connectivity index (χ4v) is 2.60. The number of rotatable bonds is 4. The molecule has 1 aromatic carbocycles.